The Kier molecular flexibility index (Phi) is 5.71. The molecule has 2 aromatic rings. The van der Waals surface area contributed by atoms with Crippen LogP contribution in [0.25, 0.3) is 0 Å². The molecule has 0 saturated carbocycles. The Morgan fingerprint density at radius 1 is 1.23 bits per heavy atom. The van der Waals surface area contributed by atoms with Crippen LogP contribution in [0.4, 0.5) is 5.69 Å². The van der Waals surface area contributed by atoms with Gasteiger partial charge < -0.3 is 18.9 Å². The number of halogens is 1. The third-order valence-corrected chi connectivity index (χ3v) is 8.03. The Morgan fingerprint density at radius 3 is 2.50 bits per heavy atom. The maximum atomic E-state index is 13.5. The van der Waals surface area contributed by atoms with Crippen molar-refractivity contribution in [3.63, 3.8) is 0 Å². The summed E-state index contributed by atoms with van der Waals surface area (Å²) in [6, 6.07) is 5.88. The first-order valence-electron chi connectivity index (χ1n) is 9.93. The SMILES string of the molecule is Cc1cc(B2OC(C)(C)C(C)(C)O2)ccc1N1C(=O)c2c(cnn2PI)OCC1C. The average Bonchev–Trinajstić information content (AvgIpc) is 3.14. The number of carbonyl (C=O) groups excluding carboxylic acids is 1. The number of hydrogen-bond donors (Lipinski definition) is 0. The normalized spacial score (nSPS) is 23.0. The molecule has 2 aliphatic rings. The number of aryl methyl sites for hydroxylation is 1. The van der Waals surface area contributed by atoms with Crippen molar-refractivity contribution in [1.29, 1.82) is 0 Å². The van der Waals surface area contributed by atoms with Crippen molar-refractivity contribution < 1.29 is 18.8 Å². The van der Waals surface area contributed by atoms with Crippen molar-refractivity contribution >= 4 is 52.6 Å². The van der Waals surface area contributed by atoms with Gasteiger partial charge in [0.2, 0.25) is 0 Å². The molecule has 7 nitrogen and oxygen atoms in total. The van der Waals surface area contributed by atoms with Crippen molar-refractivity contribution in [1.82, 2.24) is 9.55 Å². The average molecular weight is 541 g/mol. The summed E-state index contributed by atoms with van der Waals surface area (Å²) < 4.78 is 19.9. The molecule has 1 aromatic carbocycles. The van der Waals surface area contributed by atoms with Crippen LogP contribution in [0.1, 0.15) is 50.7 Å². The van der Waals surface area contributed by atoms with E-state index in [4.69, 9.17) is 14.0 Å². The third kappa shape index (κ3) is 3.57. The minimum absolute atomic E-state index is 0.0943. The van der Waals surface area contributed by atoms with Crippen LogP contribution in [0.2, 0.25) is 0 Å². The van der Waals surface area contributed by atoms with E-state index in [-0.39, 0.29) is 11.9 Å². The van der Waals surface area contributed by atoms with E-state index in [2.05, 4.69) is 27.1 Å². The zero-order valence-corrected chi connectivity index (χ0v) is 21.2. The topological polar surface area (TPSA) is 65.8 Å². The Balaban J connectivity index is 1.68. The zero-order chi connectivity index (χ0) is 21.8. The number of rotatable bonds is 3. The summed E-state index contributed by atoms with van der Waals surface area (Å²) in [5, 5.41) is 4.29. The smallest absolute Gasteiger partial charge is 0.487 e. The van der Waals surface area contributed by atoms with Gasteiger partial charge in [-0.1, -0.05) is 12.1 Å². The van der Waals surface area contributed by atoms with Crippen LogP contribution in [0.15, 0.2) is 24.4 Å². The van der Waals surface area contributed by atoms with Crippen molar-refractivity contribution in [3.8, 4) is 5.75 Å². The van der Waals surface area contributed by atoms with Gasteiger partial charge in [0.05, 0.1) is 29.8 Å². The predicted octanol–water partition coefficient (Wildman–Crippen LogP) is 3.71. The first kappa shape index (κ1) is 22.1. The molecule has 1 amide bonds. The van der Waals surface area contributed by atoms with Crippen LogP contribution < -0.4 is 15.1 Å². The molecule has 1 saturated heterocycles. The number of nitrogens with zero attached hydrogens (tertiary/aromatic N) is 3. The number of aromatic nitrogens is 2. The number of ether oxygens (including phenoxy) is 1. The first-order chi connectivity index (χ1) is 14.1. The van der Waals surface area contributed by atoms with Gasteiger partial charge in [0.25, 0.3) is 5.91 Å². The minimum Gasteiger partial charge on any atom is -0.487 e. The molecule has 0 aliphatic carbocycles. The highest BCUT2D eigenvalue weighted by molar-refractivity contribution is 14.2. The van der Waals surface area contributed by atoms with Gasteiger partial charge >= 0.3 is 7.12 Å². The standard InChI is InChI=1S/C20H26BIN3O4P/c1-12-9-14(21-28-19(3,4)20(5,6)29-21)7-8-15(12)24-13(2)11-27-16-10-23-25(30-22)17(16)18(24)26/h7-10,13,30H,11H2,1-6H3. The molecule has 1 aromatic heterocycles. The van der Waals surface area contributed by atoms with Crippen molar-refractivity contribution in [2.45, 2.75) is 58.8 Å². The molecule has 10 heteroatoms. The van der Waals surface area contributed by atoms with Crippen LogP contribution >= 0.6 is 28.4 Å². The monoisotopic (exact) mass is 541 g/mol. The van der Waals surface area contributed by atoms with Crippen molar-refractivity contribution in [2.24, 2.45) is 0 Å². The number of benzene rings is 1. The van der Waals surface area contributed by atoms with Gasteiger partial charge in [-0.15, -0.1) is 0 Å². The van der Waals surface area contributed by atoms with E-state index in [0.717, 1.165) is 16.7 Å². The van der Waals surface area contributed by atoms with Gasteiger partial charge in [0, 0.05) is 5.69 Å². The maximum Gasteiger partial charge on any atom is 0.494 e. The lowest BCUT2D eigenvalue weighted by atomic mass is 9.78. The lowest BCUT2D eigenvalue weighted by Crippen LogP contribution is -2.42. The fourth-order valence-corrected chi connectivity index (χ4v) is 5.21. The highest BCUT2D eigenvalue weighted by Crippen LogP contribution is 2.38. The van der Waals surface area contributed by atoms with Gasteiger partial charge in [0.15, 0.2) is 11.4 Å². The van der Waals surface area contributed by atoms with E-state index in [1.54, 1.807) is 10.6 Å². The molecule has 2 aliphatic heterocycles. The van der Waals surface area contributed by atoms with Crippen LogP contribution in [0, 0.1) is 6.92 Å². The van der Waals surface area contributed by atoms with E-state index >= 15 is 0 Å². The van der Waals surface area contributed by atoms with Crippen LogP contribution in [-0.4, -0.2) is 46.4 Å². The summed E-state index contributed by atoms with van der Waals surface area (Å²) in [6.07, 6.45) is 1.95. The maximum absolute atomic E-state index is 13.5. The highest BCUT2D eigenvalue weighted by atomic mass is 127. The van der Waals surface area contributed by atoms with Crippen LogP contribution in [0.5, 0.6) is 5.75 Å². The van der Waals surface area contributed by atoms with Gasteiger partial charge in [-0.05, 0) is 80.7 Å². The predicted molar refractivity (Wildman–Crippen MR) is 129 cm³/mol. The Hall–Kier alpha value is -1.16. The summed E-state index contributed by atoms with van der Waals surface area (Å²) in [6.45, 7) is 12.6. The summed E-state index contributed by atoms with van der Waals surface area (Å²) >= 11 is 2.22. The molecular formula is C20H26BIN3O4P. The van der Waals surface area contributed by atoms with E-state index < -0.39 is 18.3 Å². The molecular weight excluding hydrogens is 515 g/mol. The van der Waals surface area contributed by atoms with Crippen LogP contribution in [-0.2, 0) is 9.31 Å². The molecule has 4 rings (SSSR count). The summed E-state index contributed by atoms with van der Waals surface area (Å²) in [7, 11) is -0.434. The molecule has 0 bridgehead atoms. The summed E-state index contributed by atoms with van der Waals surface area (Å²) in [5.74, 6) is 0.452. The number of fused-ring (bicyclic) bond motifs is 1. The minimum atomic E-state index is -0.434. The molecule has 30 heavy (non-hydrogen) atoms. The van der Waals surface area contributed by atoms with Gasteiger partial charge in [-0.3, -0.25) is 4.79 Å². The number of anilines is 1. The second-order valence-electron chi connectivity index (χ2n) is 8.82. The fourth-order valence-electron chi connectivity index (χ4n) is 3.72. The van der Waals surface area contributed by atoms with Crippen molar-refractivity contribution in [3.05, 3.63) is 35.7 Å². The van der Waals surface area contributed by atoms with E-state index in [9.17, 15) is 4.79 Å². The van der Waals surface area contributed by atoms with E-state index in [1.807, 2.05) is 64.6 Å². The Morgan fingerprint density at radius 2 is 1.90 bits per heavy atom. The third-order valence-electron chi connectivity index (χ3n) is 6.16. The van der Waals surface area contributed by atoms with Crippen LogP contribution in [0.3, 0.4) is 0 Å². The lowest BCUT2D eigenvalue weighted by Gasteiger charge is -2.32. The molecule has 0 N–H and O–H groups in total. The lowest BCUT2D eigenvalue weighted by molar-refractivity contribution is 0.00578. The molecule has 160 valence electrons. The van der Waals surface area contributed by atoms with Gasteiger partial charge in [-0.2, -0.15) is 5.10 Å². The molecule has 3 heterocycles. The van der Waals surface area contributed by atoms with E-state index in [1.165, 1.54) is 0 Å². The quantitative estimate of drug-likeness (QED) is 0.337. The second kappa shape index (κ2) is 7.76. The molecule has 2 atom stereocenters. The van der Waals surface area contributed by atoms with E-state index in [0.29, 0.717) is 24.4 Å². The zero-order valence-electron chi connectivity index (χ0n) is 18.0. The number of hydrogen-bond acceptors (Lipinski definition) is 5. The highest BCUT2D eigenvalue weighted by Gasteiger charge is 2.51. The summed E-state index contributed by atoms with van der Waals surface area (Å²) in [5.41, 5.74) is 2.49. The number of amides is 1. The first-order valence-corrected chi connectivity index (χ1v) is 14.0. The second-order valence-corrected chi connectivity index (χ2v) is 10.9. The summed E-state index contributed by atoms with van der Waals surface area (Å²) in [4.78, 5) is 15.3. The molecule has 0 spiro atoms. The largest absolute Gasteiger partial charge is 0.494 e. The molecule has 0 radical (unpaired) electrons. The van der Waals surface area contributed by atoms with Gasteiger partial charge in [0.1, 0.15) is 6.61 Å². The molecule has 2 unspecified atom stereocenters. The van der Waals surface area contributed by atoms with Gasteiger partial charge in [-0.25, -0.2) is 4.45 Å². The number of carbonyl (C=O) groups is 1. The molecule has 1 fully saturated rings. The van der Waals surface area contributed by atoms with Crippen molar-refractivity contribution in [2.75, 3.05) is 11.5 Å². The Labute approximate surface area is 192 Å². The fraction of sp³-hybridized carbons (Fsp3) is 0.500. The Bertz CT molecular complexity index is 980.